The molecule has 8 nitrogen and oxygen atoms in total. The zero-order valence-corrected chi connectivity index (χ0v) is 20.6. The van der Waals surface area contributed by atoms with Gasteiger partial charge in [-0.15, -0.1) is 0 Å². The van der Waals surface area contributed by atoms with Crippen molar-refractivity contribution in [1.82, 2.24) is 0 Å². The van der Waals surface area contributed by atoms with Crippen LogP contribution in [0.15, 0.2) is 75.6 Å². The van der Waals surface area contributed by atoms with Crippen LogP contribution in [0, 0.1) is 11.3 Å². The van der Waals surface area contributed by atoms with Crippen molar-refractivity contribution in [3.05, 3.63) is 81.3 Å². The van der Waals surface area contributed by atoms with Crippen LogP contribution in [0.3, 0.4) is 0 Å². The van der Waals surface area contributed by atoms with Crippen LogP contribution in [0.4, 0.5) is 5.69 Å². The average molecular weight is 564 g/mol. The number of carbonyl (C=O) groups is 1. The van der Waals surface area contributed by atoms with Crippen molar-refractivity contribution >= 4 is 55.3 Å². The van der Waals surface area contributed by atoms with Crippen LogP contribution >= 0.6 is 27.5 Å². The fourth-order valence-electron chi connectivity index (χ4n) is 2.72. The van der Waals surface area contributed by atoms with Crippen molar-refractivity contribution in [2.24, 2.45) is 0 Å². The summed E-state index contributed by atoms with van der Waals surface area (Å²) in [5.74, 6) is -0.698. The van der Waals surface area contributed by atoms with Gasteiger partial charge in [0, 0.05) is 10.7 Å². The van der Waals surface area contributed by atoms with E-state index in [-0.39, 0.29) is 32.2 Å². The van der Waals surface area contributed by atoms with Crippen molar-refractivity contribution in [2.45, 2.75) is 4.90 Å². The highest BCUT2D eigenvalue weighted by molar-refractivity contribution is 9.10. The number of hydrogen-bond donors (Lipinski definition) is 2. The number of halogens is 2. The van der Waals surface area contributed by atoms with Crippen molar-refractivity contribution in [3.63, 3.8) is 0 Å². The monoisotopic (exact) mass is 562 g/mol. The van der Waals surface area contributed by atoms with E-state index in [0.717, 1.165) is 0 Å². The fraction of sp³-hybridized carbons (Fsp3) is 0.0435. The number of ether oxygens (including phenoxy) is 1. The molecule has 11 heteroatoms. The predicted molar refractivity (Wildman–Crippen MR) is 130 cm³/mol. The van der Waals surface area contributed by atoms with Gasteiger partial charge in [0.15, 0.2) is 11.5 Å². The molecule has 174 valence electrons. The second kappa shape index (κ2) is 10.6. The van der Waals surface area contributed by atoms with Gasteiger partial charge in [-0.05, 0) is 88.2 Å². The molecule has 0 saturated carbocycles. The third-order valence-corrected chi connectivity index (χ3v) is 6.42. The minimum Gasteiger partial charge on any atom is -0.508 e. The summed E-state index contributed by atoms with van der Waals surface area (Å²) in [6.07, 6.45) is 1.31. The van der Waals surface area contributed by atoms with E-state index < -0.39 is 16.0 Å². The van der Waals surface area contributed by atoms with Crippen molar-refractivity contribution < 1.29 is 27.2 Å². The number of methoxy groups -OCH3 is 1. The summed E-state index contributed by atoms with van der Waals surface area (Å²) in [5.41, 5.74) is 0.542. The van der Waals surface area contributed by atoms with E-state index in [4.69, 9.17) is 20.5 Å². The number of nitrogens with zero attached hydrogens (tertiary/aromatic N) is 1. The number of rotatable bonds is 7. The van der Waals surface area contributed by atoms with Gasteiger partial charge in [0.05, 0.1) is 11.6 Å². The molecule has 0 radical (unpaired) electrons. The lowest BCUT2D eigenvalue weighted by atomic mass is 10.1. The van der Waals surface area contributed by atoms with Gasteiger partial charge in [0.25, 0.3) is 5.91 Å². The van der Waals surface area contributed by atoms with Gasteiger partial charge in [0.2, 0.25) is 0 Å². The number of carbonyl (C=O) groups excluding carboxylic acids is 1. The van der Waals surface area contributed by atoms with Crippen LogP contribution in [0.1, 0.15) is 5.56 Å². The fourth-order valence-corrected chi connectivity index (χ4v) is 4.45. The first-order valence-corrected chi connectivity index (χ1v) is 12.0. The third-order valence-electron chi connectivity index (χ3n) is 4.35. The molecular formula is C23H16BrClN2O6S. The van der Waals surface area contributed by atoms with Gasteiger partial charge >= 0.3 is 10.1 Å². The number of phenolic OH excluding ortho intramolecular Hbond substituents is 1. The highest BCUT2D eigenvalue weighted by Crippen LogP contribution is 2.39. The maximum atomic E-state index is 12.7. The highest BCUT2D eigenvalue weighted by atomic mass is 79.9. The molecule has 0 spiro atoms. The Bertz CT molecular complexity index is 1400. The number of amides is 1. The van der Waals surface area contributed by atoms with Crippen LogP contribution < -0.4 is 14.2 Å². The van der Waals surface area contributed by atoms with E-state index in [1.54, 1.807) is 0 Å². The molecule has 1 amide bonds. The molecule has 0 unspecified atom stereocenters. The summed E-state index contributed by atoms with van der Waals surface area (Å²) in [5, 5.41) is 21.7. The van der Waals surface area contributed by atoms with E-state index in [1.807, 2.05) is 6.07 Å². The first-order valence-electron chi connectivity index (χ1n) is 9.42. The van der Waals surface area contributed by atoms with Crippen LogP contribution in [0.25, 0.3) is 6.08 Å². The summed E-state index contributed by atoms with van der Waals surface area (Å²) in [6, 6.07) is 15.9. The van der Waals surface area contributed by atoms with Gasteiger partial charge in [-0.25, -0.2) is 0 Å². The second-order valence-corrected chi connectivity index (χ2v) is 9.53. The molecule has 0 aliphatic heterocycles. The molecular weight excluding hydrogens is 548 g/mol. The van der Waals surface area contributed by atoms with Gasteiger partial charge in [-0.3, -0.25) is 4.79 Å². The summed E-state index contributed by atoms with van der Waals surface area (Å²) >= 11 is 9.07. The molecule has 0 aromatic heterocycles. The first-order chi connectivity index (χ1) is 16.1. The predicted octanol–water partition coefficient (Wildman–Crippen LogP) is 5.13. The summed E-state index contributed by atoms with van der Waals surface area (Å²) in [4.78, 5) is 12.4. The number of phenols is 1. The van der Waals surface area contributed by atoms with Crippen LogP contribution in [-0.2, 0) is 14.9 Å². The van der Waals surface area contributed by atoms with Gasteiger partial charge in [-0.1, -0.05) is 11.6 Å². The third kappa shape index (κ3) is 6.08. The Morgan fingerprint density at radius 3 is 2.38 bits per heavy atom. The van der Waals surface area contributed by atoms with Gasteiger partial charge in [-0.2, -0.15) is 13.7 Å². The number of anilines is 1. The minimum atomic E-state index is -4.20. The van der Waals surface area contributed by atoms with E-state index in [1.165, 1.54) is 73.8 Å². The summed E-state index contributed by atoms with van der Waals surface area (Å²) in [6.45, 7) is 0. The van der Waals surface area contributed by atoms with E-state index in [0.29, 0.717) is 16.3 Å². The molecule has 34 heavy (non-hydrogen) atoms. The lowest BCUT2D eigenvalue weighted by Gasteiger charge is -2.13. The SMILES string of the molecule is COc1cc(/C=C(\C#N)C(=O)Nc2ccc(O)cc2)cc(Br)c1OS(=O)(=O)c1ccc(Cl)cc1. The van der Waals surface area contributed by atoms with Crippen LogP contribution in [0.2, 0.25) is 5.02 Å². The van der Waals surface area contributed by atoms with Crippen molar-refractivity contribution in [2.75, 3.05) is 12.4 Å². The van der Waals surface area contributed by atoms with E-state index in [2.05, 4.69) is 21.2 Å². The number of nitrogens with one attached hydrogen (secondary N) is 1. The van der Waals surface area contributed by atoms with E-state index >= 15 is 0 Å². The lowest BCUT2D eigenvalue weighted by molar-refractivity contribution is -0.112. The van der Waals surface area contributed by atoms with Crippen molar-refractivity contribution in [1.29, 1.82) is 5.26 Å². The Morgan fingerprint density at radius 2 is 1.79 bits per heavy atom. The zero-order chi connectivity index (χ0) is 24.9. The molecule has 0 fully saturated rings. The molecule has 3 rings (SSSR count). The van der Waals surface area contributed by atoms with Gasteiger partial charge in [0.1, 0.15) is 22.3 Å². The molecule has 0 aliphatic rings. The highest BCUT2D eigenvalue weighted by Gasteiger charge is 2.22. The standard InChI is InChI=1S/C23H16BrClN2O6S/c1-32-21-12-14(10-15(13-26)23(29)27-17-4-6-18(28)7-5-17)11-20(24)22(21)33-34(30,31)19-8-2-16(25)3-9-19/h2-12,28H,1H3,(H,27,29)/b15-10+. The molecule has 3 aromatic carbocycles. The van der Waals surface area contributed by atoms with Crippen LogP contribution in [0.5, 0.6) is 17.2 Å². The summed E-state index contributed by atoms with van der Waals surface area (Å²) < 4.78 is 36.1. The summed E-state index contributed by atoms with van der Waals surface area (Å²) in [7, 11) is -2.88. The number of aromatic hydroxyl groups is 1. The number of hydrogen-bond acceptors (Lipinski definition) is 7. The number of nitriles is 1. The quantitative estimate of drug-likeness (QED) is 0.177. The average Bonchev–Trinajstić information content (AvgIpc) is 2.80. The molecule has 0 heterocycles. The Morgan fingerprint density at radius 1 is 1.15 bits per heavy atom. The molecule has 0 saturated heterocycles. The largest absolute Gasteiger partial charge is 0.508 e. The molecule has 2 N–H and O–H groups in total. The minimum absolute atomic E-state index is 0.0337. The number of benzene rings is 3. The maximum absolute atomic E-state index is 12.7. The smallest absolute Gasteiger partial charge is 0.339 e. The van der Waals surface area contributed by atoms with E-state index in [9.17, 15) is 23.6 Å². The van der Waals surface area contributed by atoms with Gasteiger partial charge < -0.3 is 19.3 Å². The Kier molecular flexibility index (Phi) is 7.83. The maximum Gasteiger partial charge on any atom is 0.339 e. The first kappa shape index (κ1) is 25.1. The molecule has 3 aromatic rings. The zero-order valence-electron chi connectivity index (χ0n) is 17.5. The van der Waals surface area contributed by atoms with Crippen LogP contribution in [-0.4, -0.2) is 26.5 Å². The Balaban J connectivity index is 1.90. The normalized spacial score (nSPS) is 11.4. The topological polar surface area (TPSA) is 126 Å². The van der Waals surface area contributed by atoms with Crippen molar-refractivity contribution in [3.8, 4) is 23.3 Å². The Hall–Kier alpha value is -3.52. The Labute approximate surface area is 209 Å². The molecule has 0 bridgehead atoms. The second-order valence-electron chi connectivity index (χ2n) is 6.70. The molecule has 0 aliphatic carbocycles. The molecule has 0 atom stereocenters. The lowest BCUT2D eigenvalue weighted by Crippen LogP contribution is -2.13.